The van der Waals surface area contributed by atoms with Gasteiger partial charge in [-0.25, -0.2) is 0 Å². The number of fused-ring (bicyclic) bond motifs is 1. The molecule has 1 aliphatic carbocycles. The van der Waals surface area contributed by atoms with E-state index < -0.39 is 0 Å². The van der Waals surface area contributed by atoms with Crippen molar-refractivity contribution in [1.29, 1.82) is 0 Å². The Morgan fingerprint density at radius 2 is 2.00 bits per heavy atom. The lowest BCUT2D eigenvalue weighted by molar-refractivity contribution is 0.229. The molecule has 2 aromatic rings. The van der Waals surface area contributed by atoms with Crippen LogP contribution < -0.4 is 30.5 Å². The summed E-state index contributed by atoms with van der Waals surface area (Å²) in [6.07, 6.45) is 7.39. The standard InChI is InChI=1S/C17H20N4O2S/c1-23-13-7-5-12(6-8-13)11-14-15(22)21-16(24-14)18-19-17(20-21)9-3-2-4-10-17/h5-8,11,19-20H,2-4,9-10H2,1H3/b14-11+. The molecule has 126 valence electrons. The van der Waals surface area contributed by atoms with Crippen LogP contribution in [0.4, 0.5) is 0 Å². The second-order valence-corrected chi connectivity index (χ2v) is 7.29. The molecule has 0 saturated heterocycles. The van der Waals surface area contributed by atoms with Gasteiger partial charge in [0.2, 0.25) is 4.80 Å². The highest BCUT2D eigenvalue weighted by Gasteiger charge is 2.34. The van der Waals surface area contributed by atoms with Crippen LogP contribution in [0, 0.1) is 0 Å². The summed E-state index contributed by atoms with van der Waals surface area (Å²) in [5.74, 6) is 0.800. The molecule has 24 heavy (non-hydrogen) atoms. The van der Waals surface area contributed by atoms with Crippen LogP contribution in [-0.2, 0) is 0 Å². The van der Waals surface area contributed by atoms with Crippen LogP contribution in [0.15, 0.2) is 34.2 Å². The number of aromatic nitrogens is 1. The molecule has 2 aliphatic rings. The Morgan fingerprint density at radius 3 is 2.71 bits per heavy atom. The van der Waals surface area contributed by atoms with Gasteiger partial charge in [-0.15, -0.1) is 5.10 Å². The van der Waals surface area contributed by atoms with Gasteiger partial charge in [0, 0.05) is 0 Å². The Bertz CT molecular complexity index is 908. The number of hydrogen-bond acceptors (Lipinski definition) is 6. The van der Waals surface area contributed by atoms with Crippen LogP contribution in [0.25, 0.3) is 6.08 Å². The van der Waals surface area contributed by atoms with Crippen molar-refractivity contribution in [2.75, 3.05) is 12.5 Å². The van der Waals surface area contributed by atoms with Gasteiger partial charge in [-0.3, -0.25) is 15.6 Å². The third-order valence-corrected chi connectivity index (χ3v) is 5.59. The van der Waals surface area contributed by atoms with Crippen molar-refractivity contribution in [2.45, 2.75) is 37.8 Å². The zero-order chi connectivity index (χ0) is 16.6. The molecule has 1 aliphatic heterocycles. The molecule has 1 aromatic carbocycles. The summed E-state index contributed by atoms with van der Waals surface area (Å²) in [6.45, 7) is 0. The lowest BCUT2D eigenvalue weighted by Gasteiger charge is -2.39. The molecule has 0 amide bonds. The smallest absolute Gasteiger partial charge is 0.289 e. The molecule has 6 nitrogen and oxygen atoms in total. The van der Waals surface area contributed by atoms with E-state index in [4.69, 9.17) is 4.74 Å². The second kappa shape index (κ2) is 5.98. The summed E-state index contributed by atoms with van der Waals surface area (Å²) < 4.78 is 7.43. The first kappa shape index (κ1) is 15.3. The van der Waals surface area contributed by atoms with Crippen LogP contribution in [0.3, 0.4) is 0 Å². The molecule has 4 rings (SSSR count). The van der Waals surface area contributed by atoms with E-state index >= 15 is 0 Å². The minimum atomic E-state index is -0.270. The zero-order valence-corrected chi connectivity index (χ0v) is 14.4. The van der Waals surface area contributed by atoms with Crippen LogP contribution >= 0.6 is 11.3 Å². The van der Waals surface area contributed by atoms with Gasteiger partial charge in [0.05, 0.1) is 11.6 Å². The quantitative estimate of drug-likeness (QED) is 0.856. The molecule has 0 radical (unpaired) electrons. The minimum absolute atomic E-state index is 0.0407. The van der Waals surface area contributed by atoms with Crippen molar-refractivity contribution in [2.24, 2.45) is 5.10 Å². The molecule has 0 bridgehead atoms. The van der Waals surface area contributed by atoms with Crippen LogP contribution in [0.5, 0.6) is 5.75 Å². The van der Waals surface area contributed by atoms with Gasteiger partial charge in [-0.2, -0.15) is 4.68 Å². The van der Waals surface area contributed by atoms with E-state index in [0.29, 0.717) is 9.33 Å². The average molecular weight is 344 g/mol. The van der Waals surface area contributed by atoms with Crippen LogP contribution in [-0.4, -0.2) is 17.4 Å². The molecule has 0 atom stereocenters. The molecule has 1 spiro atoms. The van der Waals surface area contributed by atoms with E-state index in [0.717, 1.165) is 37.0 Å². The fourth-order valence-electron chi connectivity index (χ4n) is 3.27. The van der Waals surface area contributed by atoms with Crippen molar-refractivity contribution in [1.82, 2.24) is 10.1 Å². The first-order valence-corrected chi connectivity index (χ1v) is 9.02. The number of methoxy groups -OCH3 is 1. The van der Waals surface area contributed by atoms with Gasteiger partial charge < -0.3 is 4.74 Å². The van der Waals surface area contributed by atoms with E-state index in [1.54, 1.807) is 11.8 Å². The van der Waals surface area contributed by atoms with Crippen LogP contribution in [0.1, 0.15) is 37.7 Å². The Labute approximate surface area is 143 Å². The summed E-state index contributed by atoms with van der Waals surface area (Å²) in [7, 11) is 1.64. The zero-order valence-electron chi connectivity index (χ0n) is 13.5. The fraction of sp³-hybridized carbons (Fsp3) is 0.412. The molecular weight excluding hydrogens is 324 g/mol. The lowest BCUT2D eigenvalue weighted by Crippen LogP contribution is -2.61. The Morgan fingerprint density at radius 1 is 1.25 bits per heavy atom. The second-order valence-electron chi connectivity index (χ2n) is 6.29. The highest BCUT2D eigenvalue weighted by atomic mass is 32.1. The van der Waals surface area contributed by atoms with Gasteiger partial charge in [-0.1, -0.05) is 29.9 Å². The van der Waals surface area contributed by atoms with E-state index in [9.17, 15) is 4.79 Å². The number of nitrogens with zero attached hydrogens (tertiary/aromatic N) is 2. The van der Waals surface area contributed by atoms with E-state index in [-0.39, 0.29) is 11.2 Å². The SMILES string of the molecule is COc1ccc(/C=c2/sc3n(c2=O)NC2(CCCCC2)NN=3)cc1. The van der Waals surface area contributed by atoms with E-state index in [1.165, 1.54) is 17.8 Å². The Hall–Kier alpha value is -2.28. The van der Waals surface area contributed by atoms with Gasteiger partial charge in [0.25, 0.3) is 5.56 Å². The number of rotatable bonds is 2. The topological polar surface area (TPSA) is 67.7 Å². The van der Waals surface area contributed by atoms with Gasteiger partial charge >= 0.3 is 0 Å². The van der Waals surface area contributed by atoms with Crippen molar-refractivity contribution in [3.05, 3.63) is 49.5 Å². The normalized spacial score (nSPS) is 19.1. The fourth-order valence-corrected chi connectivity index (χ4v) is 4.15. The molecule has 1 saturated carbocycles. The number of benzene rings is 1. The van der Waals surface area contributed by atoms with Crippen LogP contribution in [0.2, 0.25) is 0 Å². The highest BCUT2D eigenvalue weighted by molar-refractivity contribution is 7.07. The van der Waals surface area contributed by atoms with Crippen molar-refractivity contribution in [3.63, 3.8) is 0 Å². The maximum atomic E-state index is 12.7. The third kappa shape index (κ3) is 2.69. The van der Waals surface area contributed by atoms with Crippen molar-refractivity contribution >= 4 is 17.4 Å². The number of ether oxygens (including phenoxy) is 1. The predicted molar refractivity (Wildman–Crippen MR) is 94.2 cm³/mol. The first-order valence-electron chi connectivity index (χ1n) is 8.20. The van der Waals surface area contributed by atoms with Crippen molar-refractivity contribution in [3.8, 4) is 5.75 Å². The molecule has 1 fully saturated rings. The monoisotopic (exact) mass is 344 g/mol. The summed E-state index contributed by atoms with van der Waals surface area (Å²) >= 11 is 1.39. The molecule has 1 aromatic heterocycles. The van der Waals surface area contributed by atoms with Crippen molar-refractivity contribution < 1.29 is 4.74 Å². The average Bonchev–Trinajstić information content (AvgIpc) is 2.92. The van der Waals surface area contributed by atoms with E-state index in [2.05, 4.69) is 16.0 Å². The number of nitrogens with one attached hydrogen (secondary N) is 2. The molecule has 2 N–H and O–H groups in total. The molecule has 0 unspecified atom stereocenters. The highest BCUT2D eigenvalue weighted by Crippen LogP contribution is 2.27. The summed E-state index contributed by atoms with van der Waals surface area (Å²) in [5.41, 5.74) is 7.27. The maximum absolute atomic E-state index is 12.7. The molecular formula is C17H20N4O2S. The maximum Gasteiger partial charge on any atom is 0.289 e. The summed E-state index contributed by atoms with van der Waals surface area (Å²) in [6, 6.07) is 7.65. The van der Waals surface area contributed by atoms with Gasteiger partial charge in [0.15, 0.2) is 0 Å². The number of thiazole rings is 1. The van der Waals surface area contributed by atoms with Gasteiger partial charge in [-0.05, 0) is 49.5 Å². The lowest BCUT2D eigenvalue weighted by atomic mass is 9.90. The predicted octanol–water partition coefficient (Wildman–Crippen LogP) is 1.09. The summed E-state index contributed by atoms with van der Waals surface area (Å²) in [4.78, 5) is 13.4. The molecule has 2 heterocycles. The van der Waals surface area contributed by atoms with Gasteiger partial charge in [0.1, 0.15) is 11.4 Å². The van der Waals surface area contributed by atoms with E-state index in [1.807, 2.05) is 30.3 Å². The summed E-state index contributed by atoms with van der Waals surface area (Å²) in [5, 5.41) is 4.45. The number of hydrogen-bond donors (Lipinski definition) is 2. The third-order valence-electron chi connectivity index (χ3n) is 4.62. The first-order chi connectivity index (χ1) is 11.7. The Kier molecular flexibility index (Phi) is 3.80. The Balaban J connectivity index is 1.70. The largest absolute Gasteiger partial charge is 0.497 e. The molecule has 7 heteroatoms. The minimum Gasteiger partial charge on any atom is -0.497 e.